The number of piperidine rings is 1. The van der Waals surface area contributed by atoms with Crippen molar-refractivity contribution in [2.24, 2.45) is 11.8 Å². The lowest BCUT2D eigenvalue weighted by Crippen LogP contribution is -2.42. The van der Waals surface area contributed by atoms with Gasteiger partial charge in [0.25, 0.3) is 0 Å². The van der Waals surface area contributed by atoms with E-state index in [9.17, 15) is 0 Å². The van der Waals surface area contributed by atoms with Crippen molar-refractivity contribution in [1.29, 1.82) is 0 Å². The van der Waals surface area contributed by atoms with E-state index in [0.717, 1.165) is 17.9 Å². The quantitative estimate of drug-likeness (QED) is 0.807. The van der Waals surface area contributed by atoms with E-state index in [-0.39, 0.29) is 0 Å². The zero-order valence-electron chi connectivity index (χ0n) is 13.9. The molecule has 118 valence electrons. The first kappa shape index (κ1) is 16.3. The molecular formula is C17H35N3. The zero-order chi connectivity index (χ0) is 14.4. The molecule has 1 aliphatic carbocycles. The number of nitrogens with zero attached hydrogens (tertiary/aromatic N) is 2. The zero-order valence-corrected chi connectivity index (χ0v) is 13.9. The van der Waals surface area contributed by atoms with Gasteiger partial charge in [-0.15, -0.1) is 0 Å². The van der Waals surface area contributed by atoms with Crippen molar-refractivity contribution in [2.75, 3.05) is 46.8 Å². The van der Waals surface area contributed by atoms with Crippen LogP contribution in [0.15, 0.2) is 0 Å². The summed E-state index contributed by atoms with van der Waals surface area (Å²) >= 11 is 0. The second-order valence-electron chi connectivity index (χ2n) is 7.47. The van der Waals surface area contributed by atoms with Crippen LogP contribution in [0.4, 0.5) is 0 Å². The van der Waals surface area contributed by atoms with Crippen LogP contribution in [0.3, 0.4) is 0 Å². The topological polar surface area (TPSA) is 18.5 Å². The maximum atomic E-state index is 3.79. The Bertz CT molecular complexity index is 259. The van der Waals surface area contributed by atoms with Crippen LogP contribution in [-0.4, -0.2) is 62.7 Å². The van der Waals surface area contributed by atoms with E-state index in [1.165, 1.54) is 71.2 Å². The van der Waals surface area contributed by atoms with E-state index in [1.807, 2.05) is 0 Å². The first-order valence-corrected chi connectivity index (χ1v) is 8.74. The molecule has 2 fully saturated rings. The third-order valence-electron chi connectivity index (χ3n) is 5.13. The molecule has 1 saturated heterocycles. The molecule has 0 bridgehead atoms. The van der Waals surface area contributed by atoms with Crippen molar-refractivity contribution in [2.45, 2.75) is 51.5 Å². The molecule has 20 heavy (non-hydrogen) atoms. The van der Waals surface area contributed by atoms with Gasteiger partial charge in [0.05, 0.1) is 0 Å². The van der Waals surface area contributed by atoms with Crippen LogP contribution in [0.2, 0.25) is 0 Å². The van der Waals surface area contributed by atoms with Gasteiger partial charge in [-0.25, -0.2) is 0 Å². The van der Waals surface area contributed by atoms with Crippen LogP contribution >= 0.6 is 0 Å². The highest BCUT2D eigenvalue weighted by Crippen LogP contribution is 2.23. The number of rotatable bonds is 6. The Morgan fingerprint density at radius 2 is 1.85 bits per heavy atom. The third kappa shape index (κ3) is 5.71. The predicted molar refractivity (Wildman–Crippen MR) is 87.1 cm³/mol. The van der Waals surface area contributed by atoms with Crippen LogP contribution in [-0.2, 0) is 0 Å². The van der Waals surface area contributed by atoms with Crippen molar-refractivity contribution in [3.63, 3.8) is 0 Å². The van der Waals surface area contributed by atoms with Gasteiger partial charge in [0.1, 0.15) is 0 Å². The summed E-state index contributed by atoms with van der Waals surface area (Å²) < 4.78 is 0. The van der Waals surface area contributed by atoms with Gasteiger partial charge in [0.2, 0.25) is 0 Å². The molecule has 3 nitrogen and oxygen atoms in total. The highest BCUT2D eigenvalue weighted by Gasteiger charge is 2.21. The molecule has 0 aromatic heterocycles. The molecule has 2 aliphatic rings. The Labute approximate surface area is 126 Å². The Balaban J connectivity index is 1.54. The van der Waals surface area contributed by atoms with Gasteiger partial charge < -0.3 is 15.1 Å². The molecule has 1 N–H and O–H groups in total. The van der Waals surface area contributed by atoms with Crippen molar-refractivity contribution in [1.82, 2.24) is 15.1 Å². The maximum Gasteiger partial charge on any atom is 0.0107 e. The molecule has 0 spiro atoms. The third-order valence-corrected chi connectivity index (χ3v) is 5.13. The fourth-order valence-electron chi connectivity index (χ4n) is 3.96. The molecule has 0 radical (unpaired) electrons. The summed E-state index contributed by atoms with van der Waals surface area (Å²) in [5, 5.41) is 3.79. The summed E-state index contributed by atoms with van der Waals surface area (Å²) in [5.41, 5.74) is 0. The SMILES string of the molecule is CC1CCCC(NCCN2CCC(CN(C)C)CC2)C1. The highest BCUT2D eigenvalue weighted by molar-refractivity contribution is 4.78. The molecule has 3 heteroatoms. The lowest BCUT2D eigenvalue weighted by atomic mass is 9.87. The summed E-state index contributed by atoms with van der Waals surface area (Å²) in [7, 11) is 4.39. The van der Waals surface area contributed by atoms with Gasteiger partial charge >= 0.3 is 0 Å². The van der Waals surface area contributed by atoms with E-state index < -0.39 is 0 Å². The molecule has 2 rings (SSSR count). The normalized spacial score (nSPS) is 30.0. The smallest absolute Gasteiger partial charge is 0.0107 e. The Morgan fingerprint density at radius 3 is 2.50 bits per heavy atom. The van der Waals surface area contributed by atoms with Gasteiger partial charge in [-0.3, -0.25) is 0 Å². The van der Waals surface area contributed by atoms with Crippen molar-refractivity contribution in [3.05, 3.63) is 0 Å². The van der Waals surface area contributed by atoms with Crippen LogP contribution in [0.1, 0.15) is 45.4 Å². The minimum Gasteiger partial charge on any atom is -0.313 e. The fourth-order valence-corrected chi connectivity index (χ4v) is 3.96. The van der Waals surface area contributed by atoms with Gasteiger partial charge in [0, 0.05) is 25.7 Å². The van der Waals surface area contributed by atoms with E-state index in [1.54, 1.807) is 0 Å². The van der Waals surface area contributed by atoms with Gasteiger partial charge in [-0.1, -0.05) is 19.8 Å². The second kappa shape index (κ2) is 8.35. The first-order valence-electron chi connectivity index (χ1n) is 8.74. The van der Waals surface area contributed by atoms with Crippen LogP contribution < -0.4 is 5.32 Å². The molecule has 1 heterocycles. The minimum atomic E-state index is 0.796. The molecule has 2 atom stereocenters. The van der Waals surface area contributed by atoms with E-state index >= 15 is 0 Å². The van der Waals surface area contributed by atoms with Gasteiger partial charge in [-0.2, -0.15) is 0 Å². The average molecular weight is 281 g/mol. The number of likely N-dealkylation sites (tertiary alicyclic amines) is 1. The molecule has 1 saturated carbocycles. The van der Waals surface area contributed by atoms with E-state index in [0.29, 0.717) is 0 Å². The molecule has 0 amide bonds. The van der Waals surface area contributed by atoms with Crippen LogP contribution in [0.5, 0.6) is 0 Å². The lowest BCUT2D eigenvalue weighted by molar-refractivity contribution is 0.160. The standard InChI is InChI=1S/C17H35N3/c1-15-5-4-6-17(13-15)18-9-12-20-10-7-16(8-11-20)14-19(2)3/h15-18H,4-14H2,1-3H3. The molecule has 1 aliphatic heterocycles. The fraction of sp³-hybridized carbons (Fsp3) is 1.00. The first-order chi connectivity index (χ1) is 9.63. The molecular weight excluding hydrogens is 246 g/mol. The summed E-state index contributed by atoms with van der Waals surface area (Å²) in [6.45, 7) is 8.73. The second-order valence-corrected chi connectivity index (χ2v) is 7.47. The minimum absolute atomic E-state index is 0.796. The molecule has 2 unspecified atom stereocenters. The Hall–Kier alpha value is -0.120. The van der Waals surface area contributed by atoms with Gasteiger partial charge in [-0.05, 0) is 64.7 Å². The van der Waals surface area contributed by atoms with E-state index in [4.69, 9.17) is 0 Å². The Kier molecular flexibility index (Phi) is 6.79. The lowest BCUT2D eigenvalue weighted by Gasteiger charge is -2.34. The van der Waals surface area contributed by atoms with Crippen molar-refractivity contribution < 1.29 is 0 Å². The number of nitrogens with one attached hydrogen (secondary N) is 1. The van der Waals surface area contributed by atoms with Crippen molar-refractivity contribution in [3.8, 4) is 0 Å². The molecule has 0 aromatic rings. The predicted octanol–water partition coefficient (Wildman–Crippen LogP) is 2.43. The highest BCUT2D eigenvalue weighted by atomic mass is 15.1. The van der Waals surface area contributed by atoms with Crippen molar-refractivity contribution >= 4 is 0 Å². The molecule has 0 aromatic carbocycles. The summed E-state index contributed by atoms with van der Waals surface area (Å²) in [4.78, 5) is 5.00. The van der Waals surface area contributed by atoms with Gasteiger partial charge in [0.15, 0.2) is 0 Å². The van der Waals surface area contributed by atoms with Crippen LogP contribution in [0, 0.1) is 11.8 Å². The van der Waals surface area contributed by atoms with E-state index in [2.05, 4.69) is 36.1 Å². The number of hydrogen-bond donors (Lipinski definition) is 1. The van der Waals surface area contributed by atoms with Crippen LogP contribution in [0.25, 0.3) is 0 Å². The Morgan fingerprint density at radius 1 is 1.10 bits per heavy atom. The average Bonchev–Trinajstić information content (AvgIpc) is 2.40. The monoisotopic (exact) mass is 281 g/mol. The largest absolute Gasteiger partial charge is 0.313 e. The summed E-state index contributed by atoms with van der Waals surface area (Å²) in [5.74, 6) is 1.86. The maximum absolute atomic E-state index is 3.79. The summed E-state index contributed by atoms with van der Waals surface area (Å²) in [6, 6.07) is 0.796. The number of hydrogen-bond acceptors (Lipinski definition) is 3. The summed E-state index contributed by atoms with van der Waals surface area (Å²) in [6.07, 6.45) is 8.43.